The van der Waals surface area contributed by atoms with Gasteiger partial charge in [-0.15, -0.1) is 0 Å². The van der Waals surface area contributed by atoms with Crippen LogP contribution >= 0.6 is 0 Å². The van der Waals surface area contributed by atoms with E-state index in [1.807, 2.05) is 13.8 Å². The minimum Gasteiger partial charge on any atom is -0.383 e. The summed E-state index contributed by atoms with van der Waals surface area (Å²) in [5.41, 5.74) is 0. The number of methoxy groups -OCH3 is 1. The molecule has 0 N–H and O–H groups in total. The van der Waals surface area contributed by atoms with E-state index in [1.165, 1.54) is 19.4 Å². The molecule has 0 radical (unpaired) electrons. The van der Waals surface area contributed by atoms with Gasteiger partial charge in [-0.05, 0) is 26.3 Å². The highest BCUT2D eigenvalue weighted by Crippen LogP contribution is 2.14. The van der Waals surface area contributed by atoms with E-state index in [1.54, 1.807) is 7.11 Å². The molecule has 1 heterocycles. The van der Waals surface area contributed by atoms with E-state index in [9.17, 15) is 0 Å². The van der Waals surface area contributed by atoms with Gasteiger partial charge in [-0.2, -0.15) is 0 Å². The number of nitrogens with zero attached hydrogens (tertiary/aromatic N) is 1. The summed E-state index contributed by atoms with van der Waals surface area (Å²) >= 11 is 0. The Balaban J connectivity index is 0.000000561. The molecule has 0 aromatic rings. The second-order valence-electron chi connectivity index (χ2n) is 3.02. The third kappa shape index (κ3) is 4.07. The predicted molar refractivity (Wildman–Crippen MR) is 53.5 cm³/mol. The van der Waals surface area contributed by atoms with E-state index in [0.29, 0.717) is 0 Å². The summed E-state index contributed by atoms with van der Waals surface area (Å²) in [4.78, 5) is 2.49. The zero-order valence-corrected chi connectivity index (χ0v) is 8.97. The third-order valence-corrected chi connectivity index (χ3v) is 2.27. The van der Waals surface area contributed by atoms with E-state index in [4.69, 9.17) is 4.74 Å². The molecule has 0 aromatic carbocycles. The average Bonchev–Trinajstić information content (AvgIpc) is 2.51. The van der Waals surface area contributed by atoms with Crippen molar-refractivity contribution in [2.24, 2.45) is 0 Å². The van der Waals surface area contributed by atoms with Crippen molar-refractivity contribution < 1.29 is 4.74 Å². The van der Waals surface area contributed by atoms with Gasteiger partial charge in [0.05, 0.1) is 6.61 Å². The van der Waals surface area contributed by atoms with Crippen LogP contribution in [0.1, 0.15) is 33.6 Å². The maximum Gasteiger partial charge on any atom is 0.0589 e. The Morgan fingerprint density at radius 1 is 1.42 bits per heavy atom. The van der Waals surface area contributed by atoms with Gasteiger partial charge in [0.2, 0.25) is 0 Å². The predicted octanol–water partition coefficient (Wildman–Crippen LogP) is 2.14. The molecule has 74 valence electrons. The van der Waals surface area contributed by atoms with Gasteiger partial charge < -0.3 is 4.74 Å². The largest absolute Gasteiger partial charge is 0.383 e. The molecule has 0 aliphatic carbocycles. The molecular formula is C10H23NO. The Morgan fingerprint density at radius 2 is 2.08 bits per heavy atom. The molecule has 0 aromatic heterocycles. The fraction of sp³-hybridized carbons (Fsp3) is 1.00. The van der Waals surface area contributed by atoms with E-state index >= 15 is 0 Å². The van der Waals surface area contributed by atoms with Crippen molar-refractivity contribution in [2.45, 2.75) is 39.7 Å². The number of hydrogen-bond donors (Lipinski definition) is 0. The van der Waals surface area contributed by atoms with Crippen LogP contribution in [0.5, 0.6) is 0 Å². The fourth-order valence-corrected chi connectivity index (χ4v) is 1.53. The average molecular weight is 173 g/mol. The molecule has 1 aliphatic heterocycles. The first-order valence-electron chi connectivity index (χ1n) is 5.07. The smallest absolute Gasteiger partial charge is 0.0589 e. The van der Waals surface area contributed by atoms with Crippen LogP contribution in [0.25, 0.3) is 0 Å². The molecule has 0 spiro atoms. The molecule has 0 amide bonds. The Morgan fingerprint density at radius 3 is 2.50 bits per heavy atom. The second-order valence-corrected chi connectivity index (χ2v) is 3.02. The molecular weight excluding hydrogens is 150 g/mol. The van der Waals surface area contributed by atoms with Gasteiger partial charge in [-0.1, -0.05) is 13.8 Å². The van der Waals surface area contributed by atoms with Crippen molar-refractivity contribution in [1.82, 2.24) is 4.90 Å². The molecule has 1 fully saturated rings. The minimum absolute atomic E-state index is 0.787. The molecule has 1 saturated heterocycles. The Labute approximate surface area is 76.9 Å². The van der Waals surface area contributed by atoms with Crippen molar-refractivity contribution in [3.05, 3.63) is 0 Å². The van der Waals surface area contributed by atoms with E-state index in [-0.39, 0.29) is 0 Å². The van der Waals surface area contributed by atoms with Gasteiger partial charge in [-0.3, -0.25) is 4.90 Å². The van der Waals surface area contributed by atoms with Crippen LogP contribution in [0, 0.1) is 0 Å². The Bertz CT molecular complexity index is 95.8. The highest BCUT2D eigenvalue weighted by Gasteiger charge is 2.18. The highest BCUT2D eigenvalue weighted by atomic mass is 16.5. The SMILES string of the molecule is CC.COCCN1CCCC1C. The zero-order chi connectivity index (χ0) is 9.40. The van der Waals surface area contributed by atoms with Crippen LogP contribution in [0.4, 0.5) is 0 Å². The van der Waals surface area contributed by atoms with Crippen molar-refractivity contribution >= 4 is 0 Å². The van der Waals surface area contributed by atoms with Crippen LogP contribution in [-0.2, 0) is 4.74 Å². The molecule has 1 rings (SSSR count). The van der Waals surface area contributed by atoms with Gasteiger partial charge in [-0.25, -0.2) is 0 Å². The molecule has 1 unspecified atom stereocenters. The summed E-state index contributed by atoms with van der Waals surface area (Å²) in [5, 5.41) is 0. The van der Waals surface area contributed by atoms with E-state index in [0.717, 1.165) is 19.2 Å². The van der Waals surface area contributed by atoms with Crippen molar-refractivity contribution in [3.8, 4) is 0 Å². The summed E-state index contributed by atoms with van der Waals surface area (Å²) in [6.07, 6.45) is 2.73. The first-order chi connectivity index (χ1) is 5.84. The first-order valence-corrected chi connectivity index (χ1v) is 5.07. The number of rotatable bonds is 3. The van der Waals surface area contributed by atoms with Crippen LogP contribution in [0.15, 0.2) is 0 Å². The van der Waals surface area contributed by atoms with E-state index < -0.39 is 0 Å². The minimum atomic E-state index is 0.787. The van der Waals surface area contributed by atoms with E-state index in [2.05, 4.69) is 11.8 Å². The number of ether oxygens (including phenoxy) is 1. The molecule has 1 aliphatic rings. The van der Waals surface area contributed by atoms with Crippen LogP contribution < -0.4 is 0 Å². The third-order valence-electron chi connectivity index (χ3n) is 2.27. The second kappa shape index (κ2) is 7.56. The van der Waals surface area contributed by atoms with Crippen molar-refractivity contribution in [2.75, 3.05) is 26.8 Å². The number of hydrogen-bond acceptors (Lipinski definition) is 2. The van der Waals surface area contributed by atoms with Crippen LogP contribution in [0.2, 0.25) is 0 Å². The summed E-state index contributed by atoms with van der Waals surface area (Å²) < 4.78 is 5.01. The highest BCUT2D eigenvalue weighted by molar-refractivity contribution is 4.74. The summed E-state index contributed by atoms with van der Waals surface area (Å²) in [5.74, 6) is 0. The Kier molecular flexibility index (Phi) is 7.51. The summed E-state index contributed by atoms with van der Waals surface area (Å²) in [6.45, 7) is 9.55. The standard InChI is InChI=1S/C8H17NO.C2H6/c1-8-4-3-5-9(8)6-7-10-2;1-2/h8H,3-7H2,1-2H3;1-2H3. The topological polar surface area (TPSA) is 12.5 Å². The molecule has 1 atom stereocenters. The molecule has 12 heavy (non-hydrogen) atoms. The summed E-state index contributed by atoms with van der Waals surface area (Å²) in [6, 6.07) is 0.787. The normalized spacial score (nSPS) is 23.5. The zero-order valence-electron chi connectivity index (χ0n) is 8.97. The molecule has 2 nitrogen and oxygen atoms in total. The van der Waals surface area contributed by atoms with Crippen molar-refractivity contribution in [3.63, 3.8) is 0 Å². The maximum atomic E-state index is 5.01. The van der Waals surface area contributed by atoms with Gasteiger partial charge in [0, 0.05) is 19.7 Å². The monoisotopic (exact) mass is 173 g/mol. The van der Waals surface area contributed by atoms with Crippen molar-refractivity contribution in [1.29, 1.82) is 0 Å². The van der Waals surface area contributed by atoms with Gasteiger partial charge in [0.15, 0.2) is 0 Å². The summed E-state index contributed by atoms with van der Waals surface area (Å²) in [7, 11) is 1.76. The molecule has 2 heteroatoms. The van der Waals surface area contributed by atoms with Gasteiger partial charge >= 0.3 is 0 Å². The van der Waals surface area contributed by atoms with Gasteiger partial charge in [0.1, 0.15) is 0 Å². The lowest BCUT2D eigenvalue weighted by atomic mass is 10.2. The lowest BCUT2D eigenvalue weighted by molar-refractivity contribution is 0.145. The van der Waals surface area contributed by atoms with Crippen LogP contribution in [0.3, 0.4) is 0 Å². The fourth-order valence-electron chi connectivity index (χ4n) is 1.53. The molecule has 0 saturated carbocycles. The molecule has 0 bridgehead atoms. The maximum absolute atomic E-state index is 5.01. The van der Waals surface area contributed by atoms with Crippen LogP contribution in [-0.4, -0.2) is 37.7 Å². The Hall–Kier alpha value is -0.0800. The first kappa shape index (κ1) is 11.9. The quantitative estimate of drug-likeness (QED) is 0.648. The lowest BCUT2D eigenvalue weighted by Gasteiger charge is -2.19. The number of likely N-dealkylation sites (tertiary alicyclic amines) is 1. The lowest BCUT2D eigenvalue weighted by Crippen LogP contribution is -2.30. The van der Waals surface area contributed by atoms with Gasteiger partial charge in [0.25, 0.3) is 0 Å².